The van der Waals surface area contributed by atoms with Crippen molar-refractivity contribution in [3.05, 3.63) is 41.2 Å². The van der Waals surface area contributed by atoms with E-state index in [0.717, 1.165) is 41.5 Å². The predicted molar refractivity (Wildman–Crippen MR) is 84.9 cm³/mol. The SMILES string of the molecule is CCCn1ccnc1-c1ccc(CNC(C)C)c(Cl)c1. The molecule has 0 unspecified atom stereocenters. The second-order valence-corrected chi connectivity index (χ2v) is 5.69. The Morgan fingerprint density at radius 1 is 1.35 bits per heavy atom. The first-order valence-electron chi connectivity index (χ1n) is 7.15. The number of benzene rings is 1. The number of aromatic nitrogens is 2. The van der Waals surface area contributed by atoms with Crippen molar-refractivity contribution in [2.75, 3.05) is 0 Å². The van der Waals surface area contributed by atoms with Gasteiger partial charge in [0.2, 0.25) is 0 Å². The summed E-state index contributed by atoms with van der Waals surface area (Å²) in [5, 5.41) is 4.18. The van der Waals surface area contributed by atoms with Crippen LogP contribution in [0.5, 0.6) is 0 Å². The smallest absolute Gasteiger partial charge is 0.139 e. The minimum Gasteiger partial charge on any atom is -0.331 e. The minimum absolute atomic E-state index is 0.453. The van der Waals surface area contributed by atoms with Crippen LogP contribution in [0.4, 0.5) is 0 Å². The van der Waals surface area contributed by atoms with Gasteiger partial charge in [-0.1, -0.05) is 44.5 Å². The lowest BCUT2D eigenvalue weighted by molar-refractivity contribution is 0.589. The van der Waals surface area contributed by atoms with Crippen LogP contribution in [0.3, 0.4) is 0 Å². The van der Waals surface area contributed by atoms with Crippen molar-refractivity contribution in [2.45, 2.75) is 46.3 Å². The first kappa shape index (κ1) is 15.1. The van der Waals surface area contributed by atoms with Gasteiger partial charge in [-0.15, -0.1) is 0 Å². The molecule has 1 aromatic carbocycles. The average Bonchev–Trinajstić information content (AvgIpc) is 2.86. The summed E-state index contributed by atoms with van der Waals surface area (Å²) in [6.45, 7) is 8.19. The van der Waals surface area contributed by atoms with Gasteiger partial charge >= 0.3 is 0 Å². The van der Waals surface area contributed by atoms with Crippen molar-refractivity contribution in [1.82, 2.24) is 14.9 Å². The zero-order valence-corrected chi connectivity index (χ0v) is 13.1. The lowest BCUT2D eigenvalue weighted by Crippen LogP contribution is -2.21. The third-order valence-corrected chi connectivity index (χ3v) is 3.54. The molecule has 20 heavy (non-hydrogen) atoms. The third kappa shape index (κ3) is 3.62. The maximum atomic E-state index is 6.38. The third-order valence-electron chi connectivity index (χ3n) is 3.19. The Hall–Kier alpha value is -1.32. The van der Waals surface area contributed by atoms with Crippen LogP contribution in [0.25, 0.3) is 11.4 Å². The van der Waals surface area contributed by atoms with E-state index in [0.29, 0.717) is 6.04 Å². The van der Waals surface area contributed by atoms with Crippen molar-refractivity contribution >= 4 is 11.6 Å². The van der Waals surface area contributed by atoms with E-state index in [9.17, 15) is 0 Å². The monoisotopic (exact) mass is 291 g/mol. The van der Waals surface area contributed by atoms with Gasteiger partial charge in [0.1, 0.15) is 5.82 Å². The molecule has 2 rings (SSSR count). The lowest BCUT2D eigenvalue weighted by Gasteiger charge is -2.11. The lowest BCUT2D eigenvalue weighted by atomic mass is 10.1. The first-order chi connectivity index (χ1) is 9.61. The van der Waals surface area contributed by atoms with Gasteiger partial charge in [-0.25, -0.2) is 4.98 Å². The molecule has 108 valence electrons. The molecule has 0 atom stereocenters. The van der Waals surface area contributed by atoms with E-state index in [4.69, 9.17) is 11.6 Å². The molecule has 0 saturated carbocycles. The molecule has 0 fully saturated rings. The fourth-order valence-electron chi connectivity index (χ4n) is 2.13. The standard InChI is InChI=1S/C16H22ClN3/c1-4-8-20-9-7-18-16(20)13-5-6-14(15(17)10-13)11-19-12(2)3/h5-7,9-10,12,19H,4,8,11H2,1-3H3. The molecule has 0 aliphatic carbocycles. The molecule has 2 aromatic rings. The van der Waals surface area contributed by atoms with Gasteiger partial charge in [-0.3, -0.25) is 0 Å². The van der Waals surface area contributed by atoms with Crippen LogP contribution in [-0.2, 0) is 13.1 Å². The quantitative estimate of drug-likeness (QED) is 0.868. The average molecular weight is 292 g/mol. The van der Waals surface area contributed by atoms with Gasteiger partial charge in [0, 0.05) is 42.1 Å². The molecule has 0 saturated heterocycles. The largest absolute Gasteiger partial charge is 0.331 e. The Morgan fingerprint density at radius 2 is 2.15 bits per heavy atom. The molecule has 3 nitrogen and oxygen atoms in total. The van der Waals surface area contributed by atoms with Crippen molar-refractivity contribution < 1.29 is 0 Å². The van der Waals surface area contributed by atoms with Crippen LogP contribution >= 0.6 is 11.6 Å². The first-order valence-corrected chi connectivity index (χ1v) is 7.53. The number of hydrogen-bond donors (Lipinski definition) is 1. The maximum absolute atomic E-state index is 6.38. The number of hydrogen-bond acceptors (Lipinski definition) is 2. The summed E-state index contributed by atoms with van der Waals surface area (Å²) in [6, 6.07) is 6.64. The Bertz CT molecular complexity index is 561. The van der Waals surface area contributed by atoms with E-state index in [1.807, 2.05) is 18.5 Å². The second kappa shape index (κ2) is 6.91. The zero-order chi connectivity index (χ0) is 14.5. The molecular formula is C16H22ClN3. The highest BCUT2D eigenvalue weighted by Gasteiger charge is 2.08. The van der Waals surface area contributed by atoms with E-state index in [1.165, 1.54) is 0 Å². The summed E-state index contributed by atoms with van der Waals surface area (Å²) in [4.78, 5) is 4.44. The van der Waals surface area contributed by atoms with E-state index >= 15 is 0 Å². The molecule has 1 aromatic heterocycles. The number of rotatable bonds is 6. The van der Waals surface area contributed by atoms with Crippen LogP contribution in [0, 0.1) is 0 Å². The summed E-state index contributed by atoms with van der Waals surface area (Å²) < 4.78 is 2.16. The van der Waals surface area contributed by atoms with Crippen molar-refractivity contribution in [2.24, 2.45) is 0 Å². The summed E-state index contributed by atoms with van der Waals surface area (Å²) in [7, 11) is 0. The highest BCUT2D eigenvalue weighted by molar-refractivity contribution is 6.31. The molecule has 1 N–H and O–H groups in total. The van der Waals surface area contributed by atoms with Crippen LogP contribution in [0.2, 0.25) is 5.02 Å². The van der Waals surface area contributed by atoms with E-state index in [2.05, 4.69) is 47.8 Å². The Morgan fingerprint density at radius 3 is 2.80 bits per heavy atom. The van der Waals surface area contributed by atoms with Gasteiger partial charge in [0.15, 0.2) is 0 Å². The van der Waals surface area contributed by atoms with Crippen molar-refractivity contribution in [3.8, 4) is 11.4 Å². The van der Waals surface area contributed by atoms with Crippen molar-refractivity contribution in [1.29, 1.82) is 0 Å². The van der Waals surface area contributed by atoms with Crippen molar-refractivity contribution in [3.63, 3.8) is 0 Å². The number of nitrogens with zero attached hydrogens (tertiary/aromatic N) is 2. The molecule has 0 aliphatic heterocycles. The molecule has 0 amide bonds. The van der Waals surface area contributed by atoms with Crippen LogP contribution in [0.1, 0.15) is 32.8 Å². The maximum Gasteiger partial charge on any atom is 0.139 e. The fourth-order valence-corrected chi connectivity index (χ4v) is 2.38. The van der Waals surface area contributed by atoms with Gasteiger partial charge in [-0.05, 0) is 18.1 Å². The molecule has 0 bridgehead atoms. The Balaban J connectivity index is 2.22. The highest BCUT2D eigenvalue weighted by atomic mass is 35.5. The number of nitrogens with one attached hydrogen (secondary N) is 1. The number of imidazole rings is 1. The van der Waals surface area contributed by atoms with Crippen LogP contribution < -0.4 is 5.32 Å². The fraction of sp³-hybridized carbons (Fsp3) is 0.438. The van der Waals surface area contributed by atoms with Gasteiger partial charge in [0.05, 0.1) is 0 Å². The Labute approximate surface area is 126 Å². The normalized spacial score (nSPS) is 11.2. The molecule has 0 aliphatic rings. The summed E-state index contributed by atoms with van der Waals surface area (Å²) in [5.41, 5.74) is 2.19. The topological polar surface area (TPSA) is 29.9 Å². The van der Waals surface area contributed by atoms with Gasteiger partial charge < -0.3 is 9.88 Å². The Kier molecular flexibility index (Phi) is 5.21. The molecule has 0 radical (unpaired) electrons. The van der Waals surface area contributed by atoms with Gasteiger partial charge in [0.25, 0.3) is 0 Å². The second-order valence-electron chi connectivity index (χ2n) is 5.29. The summed E-state index contributed by atoms with van der Waals surface area (Å²) in [6.07, 6.45) is 4.95. The summed E-state index contributed by atoms with van der Waals surface area (Å²) in [5.74, 6) is 0.983. The molecule has 4 heteroatoms. The molecule has 0 spiro atoms. The predicted octanol–water partition coefficient (Wildman–Crippen LogP) is 4.11. The minimum atomic E-state index is 0.453. The molecular weight excluding hydrogens is 270 g/mol. The van der Waals surface area contributed by atoms with E-state index in [1.54, 1.807) is 0 Å². The van der Waals surface area contributed by atoms with Gasteiger partial charge in [-0.2, -0.15) is 0 Å². The zero-order valence-electron chi connectivity index (χ0n) is 12.4. The summed E-state index contributed by atoms with van der Waals surface area (Å²) >= 11 is 6.38. The number of aryl methyl sites for hydroxylation is 1. The van der Waals surface area contributed by atoms with E-state index < -0.39 is 0 Å². The van der Waals surface area contributed by atoms with Crippen LogP contribution in [0.15, 0.2) is 30.6 Å². The highest BCUT2D eigenvalue weighted by Crippen LogP contribution is 2.25. The van der Waals surface area contributed by atoms with Crippen LogP contribution in [-0.4, -0.2) is 15.6 Å². The number of halogens is 1. The van der Waals surface area contributed by atoms with E-state index in [-0.39, 0.29) is 0 Å². The molecule has 1 heterocycles.